The molecule has 1 unspecified atom stereocenters. The maximum absolute atomic E-state index is 13.9. The van der Waals surface area contributed by atoms with Gasteiger partial charge in [-0.2, -0.15) is 5.10 Å². The number of fused-ring (bicyclic) bond motifs is 3. The first-order chi connectivity index (χ1) is 19.2. The number of rotatable bonds is 4. The van der Waals surface area contributed by atoms with Gasteiger partial charge in [0, 0.05) is 40.2 Å². The van der Waals surface area contributed by atoms with Crippen LogP contribution in [0.15, 0.2) is 50.5 Å². The van der Waals surface area contributed by atoms with Gasteiger partial charge in [-0.3, -0.25) is 9.59 Å². The van der Waals surface area contributed by atoms with Crippen LogP contribution in [-0.2, 0) is 24.1 Å². The predicted molar refractivity (Wildman–Crippen MR) is 151 cm³/mol. The molecule has 206 valence electrons. The first-order valence-electron chi connectivity index (χ1n) is 13.8. The van der Waals surface area contributed by atoms with Crippen LogP contribution in [0.2, 0.25) is 0 Å². The van der Waals surface area contributed by atoms with Crippen LogP contribution in [0.3, 0.4) is 0 Å². The number of amides is 2. The summed E-state index contributed by atoms with van der Waals surface area (Å²) in [7, 11) is 0. The van der Waals surface area contributed by atoms with Crippen molar-refractivity contribution in [1.29, 1.82) is 0 Å². The van der Waals surface area contributed by atoms with Crippen LogP contribution >= 0.6 is 0 Å². The van der Waals surface area contributed by atoms with Crippen LogP contribution in [0.5, 0.6) is 0 Å². The predicted octanol–water partition coefficient (Wildman–Crippen LogP) is 6.47. The molecule has 1 aliphatic heterocycles. The fourth-order valence-electron chi connectivity index (χ4n) is 5.99. The van der Waals surface area contributed by atoms with E-state index >= 15 is 0 Å². The van der Waals surface area contributed by atoms with Gasteiger partial charge in [-0.05, 0) is 88.3 Å². The second-order valence-electron chi connectivity index (χ2n) is 11.0. The van der Waals surface area contributed by atoms with Gasteiger partial charge in [-0.1, -0.05) is 12.1 Å². The lowest BCUT2D eigenvalue weighted by atomic mass is 9.92. The van der Waals surface area contributed by atoms with Gasteiger partial charge in [0.15, 0.2) is 5.76 Å². The van der Waals surface area contributed by atoms with E-state index in [9.17, 15) is 14.0 Å². The largest absolute Gasteiger partial charge is 0.464 e. The number of hydrogen-bond acceptors (Lipinski definition) is 5. The molecular weight excluding hydrogens is 509 g/mol. The maximum atomic E-state index is 13.9. The smallest absolute Gasteiger partial charge is 0.294 e. The maximum Gasteiger partial charge on any atom is 0.294 e. The van der Waals surface area contributed by atoms with Crippen molar-refractivity contribution < 1.29 is 22.8 Å². The fourth-order valence-corrected chi connectivity index (χ4v) is 5.99. The first-order valence-corrected chi connectivity index (χ1v) is 13.8. The summed E-state index contributed by atoms with van der Waals surface area (Å²) in [4.78, 5) is 28.4. The van der Waals surface area contributed by atoms with E-state index in [1.165, 1.54) is 12.1 Å². The summed E-state index contributed by atoms with van der Waals surface area (Å²) in [5, 5.41) is 5.41. The van der Waals surface area contributed by atoms with E-state index in [2.05, 4.69) is 10.5 Å². The van der Waals surface area contributed by atoms with Crippen molar-refractivity contribution in [3.63, 3.8) is 0 Å². The number of anilines is 1. The van der Waals surface area contributed by atoms with Crippen molar-refractivity contribution in [2.45, 2.75) is 72.3 Å². The Morgan fingerprint density at radius 2 is 1.93 bits per heavy atom. The Hall–Kier alpha value is -4.20. The first kappa shape index (κ1) is 26.0. The van der Waals surface area contributed by atoms with Gasteiger partial charge in [-0.15, -0.1) is 0 Å². The van der Waals surface area contributed by atoms with E-state index in [1.807, 2.05) is 39.8 Å². The Labute approximate surface area is 232 Å². The Morgan fingerprint density at radius 1 is 1.10 bits per heavy atom. The lowest BCUT2D eigenvalue weighted by molar-refractivity contribution is -0.120. The third kappa shape index (κ3) is 4.41. The van der Waals surface area contributed by atoms with Gasteiger partial charge in [0.1, 0.15) is 17.2 Å². The molecule has 0 saturated heterocycles. The van der Waals surface area contributed by atoms with Gasteiger partial charge >= 0.3 is 0 Å². The minimum Gasteiger partial charge on any atom is -0.464 e. The van der Waals surface area contributed by atoms with Crippen molar-refractivity contribution in [1.82, 2.24) is 5.43 Å². The number of aryl methyl sites for hydroxylation is 4. The summed E-state index contributed by atoms with van der Waals surface area (Å²) < 4.78 is 25.8. The summed E-state index contributed by atoms with van der Waals surface area (Å²) in [6, 6.07) is 8.52. The molecule has 2 amide bonds. The van der Waals surface area contributed by atoms with E-state index in [0.717, 1.165) is 63.7 Å². The molecule has 0 fully saturated rings. The molecule has 0 spiro atoms. The fraction of sp³-hybridized carbons (Fsp3) is 0.344. The van der Waals surface area contributed by atoms with Gasteiger partial charge in [0.25, 0.3) is 5.91 Å². The highest BCUT2D eigenvalue weighted by Gasteiger charge is 2.35. The second kappa shape index (κ2) is 10.1. The van der Waals surface area contributed by atoms with E-state index in [0.29, 0.717) is 29.9 Å². The average Bonchev–Trinajstić information content (AvgIpc) is 3.50. The van der Waals surface area contributed by atoms with Crippen molar-refractivity contribution >= 4 is 34.2 Å². The minimum absolute atomic E-state index is 0.0499. The van der Waals surface area contributed by atoms with Crippen LogP contribution < -0.4 is 10.3 Å². The Balaban J connectivity index is 1.25. The van der Waals surface area contributed by atoms with E-state index in [1.54, 1.807) is 17.2 Å². The van der Waals surface area contributed by atoms with Crippen molar-refractivity contribution in [3.05, 3.63) is 87.3 Å². The van der Waals surface area contributed by atoms with Crippen LogP contribution in [0.1, 0.15) is 75.9 Å². The average molecular weight is 542 g/mol. The van der Waals surface area contributed by atoms with Crippen molar-refractivity contribution in [2.75, 3.05) is 4.90 Å². The van der Waals surface area contributed by atoms with Gasteiger partial charge < -0.3 is 13.7 Å². The molecule has 2 aromatic heterocycles. The second-order valence-corrected chi connectivity index (χ2v) is 11.0. The third-order valence-corrected chi connectivity index (χ3v) is 8.32. The molecule has 0 saturated carbocycles. The zero-order valence-electron chi connectivity index (χ0n) is 23.2. The molecule has 2 aliphatic rings. The van der Waals surface area contributed by atoms with Crippen LogP contribution in [0, 0.1) is 26.6 Å². The number of hydrazone groups is 1. The molecular formula is C32H32FN3O4. The molecule has 0 radical (unpaired) electrons. The van der Waals surface area contributed by atoms with Crippen molar-refractivity contribution in [3.8, 4) is 0 Å². The molecule has 8 heteroatoms. The number of benzene rings is 2. The number of carbonyl (C=O) groups is 2. The number of furan rings is 2. The lowest BCUT2D eigenvalue weighted by Crippen LogP contribution is -2.42. The summed E-state index contributed by atoms with van der Waals surface area (Å²) in [5.41, 5.74) is 10.3. The SMILES string of the molecule is Cc1ccc2c(CC(=O)N/N=C3\CCCc4oc(C(=O)N5c6ccc(F)cc6CCC5C)c(C)c43)coc2c1C. The highest BCUT2D eigenvalue weighted by Crippen LogP contribution is 2.36. The Kier molecular flexibility index (Phi) is 6.56. The normalized spacial score (nSPS) is 17.7. The standard InChI is InChI=1S/C32H32FN3O4/c1-17-8-12-24-22(16-39-30(24)19(17)3)15-28(37)35-34-25-6-5-7-27-29(25)20(4)31(40-27)32(38)36-18(2)9-10-21-14-23(33)11-13-26(21)36/h8,11-14,16,18H,5-7,9-10,15H2,1-4H3,(H,35,37)/b34-25+. The van der Waals surface area contributed by atoms with E-state index < -0.39 is 0 Å². The molecule has 6 rings (SSSR count). The summed E-state index contributed by atoms with van der Waals surface area (Å²) in [6.07, 6.45) is 5.39. The topological polar surface area (TPSA) is 88.0 Å². The summed E-state index contributed by atoms with van der Waals surface area (Å²) in [6.45, 7) is 7.90. The molecule has 2 aromatic carbocycles. The number of hydrogen-bond donors (Lipinski definition) is 1. The highest BCUT2D eigenvalue weighted by molar-refractivity contribution is 6.10. The zero-order valence-corrected chi connectivity index (χ0v) is 23.2. The molecule has 4 aromatic rings. The molecule has 1 N–H and O–H groups in total. The molecule has 0 bridgehead atoms. The molecule has 3 heterocycles. The van der Waals surface area contributed by atoms with Gasteiger partial charge in [0.2, 0.25) is 5.91 Å². The Bertz CT molecular complexity index is 1700. The number of halogens is 1. The van der Waals surface area contributed by atoms with Crippen LogP contribution in [-0.4, -0.2) is 23.6 Å². The van der Waals surface area contributed by atoms with Gasteiger partial charge in [0.05, 0.1) is 18.4 Å². The zero-order chi connectivity index (χ0) is 28.1. The molecule has 7 nitrogen and oxygen atoms in total. The summed E-state index contributed by atoms with van der Waals surface area (Å²) >= 11 is 0. The Morgan fingerprint density at radius 3 is 2.75 bits per heavy atom. The van der Waals surface area contributed by atoms with Gasteiger partial charge in [-0.25, -0.2) is 9.82 Å². The number of carbonyl (C=O) groups excluding carboxylic acids is 2. The third-order valence-electron chi connectivity index (χ3n) is 8.32. The number of nitrogens with zero attached hydrogens (tertiary/aromatic N) is 2. The molecule has 40 heavy (non-hydrogen) atoms. The monoisotopic (exact) mass is 541 g/mol. The van der Waals surface area contributed by atoms with Crippen molar-refractivity contribution in [2.24, 2.45) is 5.10 Å². The molecule has 1 aliphatic carbocycles. The number of nitrogens with one attached hydrogen (secondary N) is 1. The summed E-state index contributed by atoms with van der Waals surface area (Å²) in [5.74, 6) is 0.178. The van der Waals surface area contributed by atoms with Crippen LogP contribution in [0.25, 0.3) is 11.0 Å². The molecule has 1 atom stereocenters. The van der Waals surface area contributed by atoms with E-state index in [4.69, 9.17) is 8.83 Å². The minimum atomic E-state index is -0.306. The quantitative estimate of drug-likeness (QED) is 0.300. The lowest BCUT2D eigenvalue weighted by Gasteiger charge is -2.34. The van der Waals surface area contributed by atoms with Crippen LogP contribution in [0.4, 0.5) is 10.1 Å². The van der Waals surface area contributed by atoms with E-state index in [-0.39, 0.29) is 35.9 Å². The highest BCUT2D eigenvalue weighted by atomic mass is 19.1.